The van der Waals surface area contributed by atoms with Gasteiger partial charge in [-0.1, -0.05) is 0 Å². The molecule has 0 aromatic heterocycles. The molecule has 0 heterocycles. The Morgan fingerprint density at radius 3 is 2.55 bits per heavy atom. The monoisotopic (exact) mass is 179 g/mol. The summed E-state index contributed by atoms with van der Waals surface area (Å²) in [4.78, 5) is 0. The number of ether oxygens (including phenoxy) is 1. The molecule has 0 amide bonds. The van der Waals surface area contributed by atoms with Gasteiger partial charge in [-0.05, 0) is 6.92 Å². The molecule has 0 bridgehead atoms. The maximum Gasteiger partial charge on any atom is 0.175 e. The van der Waals surface area contributed by atoms with Crippen molar-refractivity contribution in [1.29, 1.82) is 0 Å². The van der Waals surface area contributed by atoms with Crippen LogP contribution in [0.5, 0.6) is 0 Å². The lowest BCUT2D eigenvalue weighted by molar-refractivity contribution is 0.217. The first-order chi connectivity index (χ1) is 4.98. The Bertz CT molecular complexity index is 226. The summed E-state index contributed by atoms with van der Waals surface area (Å²) >= 11 is 0. The van der Waals surface area contributed by atoms with Crippen LogP contribution in [0.15, 0.2) is 11.1 Å². The van der Waals surface area contributed by atoms with Crippen LogP contribution in [-0.4, -0.2) is 27.9 Å². The molecule has 0 fully saturated rings. The van der Waals surface area contributed by atoms with Crippen LogP contribution in [0.4, 0.5) is 0 Å². The lowest BCUT2D eigenvalue weighted by Gasteiger charge is -1.97. The van der Waals surface area contributed by atoms with Crippen molar-refractivity contribution in [3.05, 3.63) is 11.1 Å². The standard InChI is InChI=1S/C6H13NO3S/c1-6(7)5-11(8,9)4-3-10-2/h5H,3-4,7H2,1-2H3/b6-5-. The van der Waals surface area contributed by atoms with Gasteiger partial charge in [0.15, 0.2) is 9.84 Å². The van der Waals surface area contributed by atoms with Crippen molar-refractivity contribution >= 4 is 9.84 Å². The van der Waals surface area contributed by atoms with Crippen molar-refractivity contribution in [2.45, 2.75) is 6.92 Å². The normalized spacial score (nSPS) is 13.5. The molecule has 4 nitrogen and oxygen atoms in total. The fourth-order valence-corrected chi connectivity index (χ4v) is 1.62. The second kappa shape index (κ2) is 4.35. The summed E-state index contributed by atoms with van der Waals surface area (Å²) in [6.07, 6.45) is 0. The highest BCUT2D eigenvalue weighted by atomic mass is 32.2. The lowest BCUT2D eigenvalue weighted by Crippen LogP contribution is -2.09. The van der Waals surface area contributed by atoms with Gasteiger partial charge in [-0.3, -0.25) is 0 Å². The van der Waals surface area contributed by atoms with Crippen LogP contribution in [0.1, 0.15) is 6.92 Å². The van der Waals surface area contributed by atoms with E-state index in [9.17, 15) is 8.42 Å². The molecule has 66 valence electrons. The molecular weight excluding hydrogens is 166 g/mol. The minimum absolute atomic E-state index is 0.0158. The van der Waals surface area contributed by atoms with Gasteiger partial charge in [0, 0.05) is 18.2 Å². The Kier molecular flexibility index (Phi) is 4.14. The number of hydrogen-bond donors (Lipinski definition) is 1. The van der Waals surface area contributed by atoms with Crippen LogP contribution in [0.3, 0.4) is 0 Å². The van der Waals surface area contributed by atoms with E-state index in [2.05, 4.69) is 4.74 Å². The third-order valence-electron chi connectivity index (χ3n) is 0.937. The summed E-state index contributed by atoms with van der Waals surface area (Å²) in [6.45, 7) is 1.73. The van der Waals surface area contributed by atoms with E-state index in [-0.39, 0.29) is 12.4 Å². The zero-order valence-corrected chi connectivity index (χ0v) is 7.52. The summed E-state index contributed by atoms with van der Waals surface area (Å²) < 4.78 is 26.5. The minimum Gasteiger partial charge on any atom is -0.402 e. The highest BCUT2D eigenvalue weighted by Crippen LogP contribution is 1.94. The number of hydrogen-bond acceptors (Lipinski definition) is 4. The Labute approximate surface area is 67.0 Å². The third kappa shape index (κ3) is 5.87. The SMILES string of the molecule is COCCS(=O)(=O)/C=C(/C)N. The summed E-state index contributed by atoms with van der Waals surface area (Å²) in [7, 11) is -1.70. The molecule has 11 heavy (non-hydrogen) atoms. The Morgan fingerprint density at radius 1 is 1.64 bits per heavy atom. The number of sulfone groups is 1. The first-order valence-corrected chi connectivity index (χ1v) is 4.85. The number of nitrogens with two attached hydrogens (primary N) is 1. The van der Waals surface area contributed by atoms with Gasteiger partial charge >= 0.3 is 0 Å². The molecule has 0 aliphatic carbocycles. The van der Waals surface area contributed by atoms with Crippen molar-refractivity contribution < 1.29 is 13.2 Å². The Hall–Kier alpha value is -0.550. The topological polar surface area (TPSA) is 69.4 Å². The molecule has 0 spiro atoms. The molecule has 0 aliphatic rings. The molecule has 5 heteroatoms. The summed E-state index contributed by atoms with van der Waals surface area (Å²) in [5.74, 6) is -0.0158. The Balaban J connectivity index is 4.14. The fourth-order valence-electron chi connectivity index (χ4n) is 0.542. The lowest BCUT2D eigenvalue weighted by atomic mass is 10.6. The van der Waals surface area contributed by atoms with Gasteiger partial charge in [0.2, 0.25) is 0 Å². The van der Waals surface area contributed by atoms with Gasteiger partial charge in [-0.25, -0.2) is 8.42 Å². The summed E-state index contributed by atoms with van der Waals surface area (Å²) in [5, 5.41) is 1.05. The van der Waals surface area contributed by atoms with Crippen molar-refractivity contribution in [2.75, 3.05) is 19.5 Å². The first kappa shape index (κ1) is 10.4. The fraction of sp³-hybridized carbons (Fsp3) is 0.667. The highest BCUT2D eigenvalue weighted by Gasteiger charge is 2.05. The molecule has 2 N–H and O–H groups in total. The summed E-state index contributed by atoms with van der Waals surface area (Å²) in [6, 6.07) is 0. The largest absolute Gasteiger partial charge is 0.402 e. The van der Waals surface area contributed by atoms with Crippen LogP contribution in [0.25, 0.3) is 0 Å². The smallest absolute Gasteiger partial charge is 0.175 e. The van der Waals surface area contributed by atoms with E-state index in [0.717, 1.165) is 5.41 Å². The van der Waals surface area contributed by atoms with Crippen molar-refractivity contribution in [1.82, 2.24) is 0 Å². The van der Waals surface area contributed by atoms with Crippen LogP contribution >= 0.6 is 0 Å². The molecule has 0 aromatic carbocycles. The second-order valence-electron chi connectivity index (χ2n) is 2.22. The maximum absolute atomic E-state index is 11.0. The molecular formula is C6H13NO3S. The molecule has 0 atom stereocenters. The van der Waals surface area contributed by atoms with Crippen LogP contribution in [-0.2, 0) is 14.6 Å². The second-order valence-corrected chi connectivity index (χ2v) is 4.19. The Morgan fingerprint density at radius 2 is 2.18 bits per heavy atom. The summed E-state index contributed by atoms with van der Waals surface area (Å²) in [5.41, 5.74) is 5.48. The average molecular weight is 179 g/mol. The van der Waals surface area contributed by atoms with E-state index in [1.165, 1.54) is 14.0 Å². The van der Waals surface area contributed by atoms with Gasteiger partial charge in [0.05, 0.1) is 12.4 Å². The van der Waals surface area contributed by atoms with Gasteiger partial charge in [0.25, 0.3) is 0 Å². The zero-order valence-electron chi connectivity index (χ0n) is 6.70. The maximum atomic E-state index is 11.0. The molecule has 0 saturated carbocycles. The quantitative estimate of drug-likeness (QED) is 0.652. The van der Waals surface area contributed by atoms with Crippen molar-refractivity contribution in [3.63, 3.8) is 0 Å². The van der Waals surface area contributed by atoms with Gasteiger partial charge in [-0.2, -0.15) is 0 Å². The number of rotatable bonds is 4. The van der Waals surface area contributed by atoms with E-state index >= 15 is 0 Å². The number of methoxy groups -OCH3 is 1. The van der Waals surface area contributed by atoms with E-state index < -0.39 is 9.84 Å². The van der Waals surface area contributed by atoms with Crippen LogP contribution in [0.2, 0.25) is 0 Å². The molecule has 0 saturated heterocycles. The molecule has 0 aliphatic heterocycles. The zero-order chi connectivity index (χ0) is 8.91. The predicted octanol–water partition coefficient (Wildman–Crippen LogP) is -0.132. The van der Waals surface area contributed by atoms with Crippen LogP contribution in [0, 0.1) is 0 Å². The average Bonchev–Trinajstić information content (AvgIpc) is 1.81. The van der Waals surface area contributed by atoms with E-state index in [4.69, 9.17) is 5.73 Å². The van der Waals surface area contributed by atoms with Gasteiger partial charge in [-0.15, -0.1) is 0 Å². The highest BCUT2D eigenvalue weighted by molar-refractivity contribution is 7.94. The van der Waals surface area contributed by atoms with Gasteiger partial charge in [0.1, 0.15) is 0 Å². The molecule has 0 radical (unpaired) electrons. The van der Waals surface area contributed by atoms with E-state index in [0.29, 0.717) is 5.70 Å². The first-order valence-electron chi connectivity index (χ1n) is 3.13. The van der Waals surface area contributed by atoms with Crippen LogP contribution < -0.4 is 5.73 Å². The third-order valence-corrected chi connectivity index (χ3v) is 2.40. The van der Waals surface area contributed by atoms with E-state index in [1.54, 1.807) is 0 Å². The number of allylic oxidation sites excluding steroid dienone is 1. The van der Waals surface area contributed by atoms with Gasteiger partial charge < -0.3 is 10.5 Å². The van der Waals surface area contributed by atoms with Crippen molar-refractivity contribution in [3.8, 4) is 0 Å². The molecule has 0 rings (SSSR count). The molecule has 0 aromatic rings. The predicted molar refractivity (Wildman–Crippen MR) is 43.6 cm³/mol. The molecule has 0 unspecified atom stereocenters. The minimum atomic E-state index is -3.16. The van der Waals surface area contributed by atoms with E-state index in [1.807, 2.05) is 0 Å². The van der Waals surface area contributed by atoms with Crippen molar-refractivity contribution in [2.24, 2.45) is 5.73 Å².